The quantitative estimate of drug-likeness (QED) is 0.895. The lowest BCUT2D eigenvalue weighted by Crippen LogP contribution is -2.05. The predicted octanol–water partition coefficient (Wildman–Crippen LogP) is 2.44. The third-order valence-electron chi connectivity index (χ3n) is 2.98. The minimum Gasteiger partial charge on any atom is -0.497 e. The van der Waals surface area contributed by atoms with Gasteiger partial charge in [0.2, 0.25) is 0 Å². The summed E-state index contributed by atoms with van der Waals surface area (Å²) in [6.45, 7) is 2.87. The van der Waals surface area contributed by atoms with Gasteiger partial charge in [-0.3, -0.25) is 4.98 Å². The van der Waals surface area contributed by atoms with Crippen molar-refractivity contribution in [2.75, 3.05) is 7.11 Å². The molecule has 0 bridgehead atoms. The van der Waals surface area contributed by atoms with Crippen molar-refractivity contribution in [2.24, 2.45) is 5.73 Å². The number of nitrogens with two attached hydrogens (primary N) is 1. The zero-order valence-electron chi connectivity index (χ0n) is 11.2. The first-order chi connectivity index (χ1) is 9.24. The molecule has 0 unspecified atom stereocenters. The highest BCUT2D eigenvalue weighted by atomic mass is 16.5. The van der Waals surface area contributed by atoms with Gasteiger partial charge in [-0.2, -0.15) is 0 Å². The number of aryl methyl sites for hydroxylation is 1. The number of methoxy groups -OCH3 is 1. The molecule has 0 radical (unpaired) electrons. The molecule has 4 nitrogen and oxygen atoms in total. The Hall–Kier alpha value is -2.07. The number of hydrogen-bond acceptors (Lipinski definition) is 4. The third kappa shape index (κ3) is 3.23. The highest BCUT2D eigenvalue weighted by Crippen LogP contribution is 2.25. The molecule has 1 aromatic carbocycles. The van der Waals surface area contributed by atoms with E-state index in [1.54, 1.807) is 13.3 Å². The molecule has 0 amide bonds. The highest BCUT2D eigenvalue weighted by Gasteiger charge is 2.06. The Morgan fingerprint density at radius 2 is 2.11 bits per heavy atom. The molecule has 0 saturated carbocycles. The Morgan fingerprint density at radius 3 is 2.79 bits per heavy atom. The van der Waals surface area contributed by atoms with E-state index in [9.17, 15) is 0 Å². The third-order valence-corrected chi connectivity index (χ3v) is 2.98. The van der Waals surface area contributed by atoms with Gasteiger partial charge < -0.3 is 15.2 Å². The van der Waals surface area contributed by atoms with E-state index >= 15 is 0 Å². The van der Waals surface area contributed by atoms with Crippen molar-refractivity contribution in [2.45, 2.75) is 20.1 Å². The van der Waals surface area contributed by atoms with Gasteiger partial charge in [0.25, 0.3) is 0 Å². The van der Waals surface area contributed by atoms with E-state index in [1.807, 2.05) is 37.3 Å². The molecular weight excluding hydrogens is 240 g/mol. The zero-order chi connectivity index (χ0) is 13.7. The Bertz CT molecular complexity index is 556. The van der Waals surface area contributed by atoms with Crippen LogP contribution in [-0.2, 0) is 13.2 Å². The van der Waals surface area contributed by atoms with Gasteiger partial charge in [0.15, 0.2) is 0 Å². The van der Waals surface area contributed by atoms with Crippen LogP contribution < -0.4 is 15.2 Å². The van der Waals surface area contributed by atoms with Crippen LogP contribution in [0.3, 0.4) is 0 Å². The van der Waals surface area contributed by atoms with E-state index in [0.717, 1.165) is 28.3 Å². The second-order valence-electron chi connectivity index (χ2n) is 4.23. The van der Waals surface area contributed by atoms with Crippen molar-refractivity contribution < 1.29 is 9.47 Å². The molecule has 0 atom stereocenters. The molecule has 0 aliphatic carbocycles. The van der Waals surface area contributed by atoms with Crippen LogP contribution in [0, 0.1) is 6.92 Å². The first-order valence-corrected chi connectivity index (χ1v) is 6.15. The van der Waals surface area contributed by atoms with Gasteiger partial charge in [0, 0.05) is 24.4 Å². The van der Waals surface area contributed by atoms with Crippen molar-refractivity contribution in [3.05, 3.63) is 53.3 Å². The lowest BCUT2D eigenvalue weighted by molar-refractivity contribution is 0.295. The Labute approximate surface area is 113 Å². The van der Waals surface area contributed by atoms with Crippen molar-refractivity contribution in [3.8, 4) is 11.5 Å². The summed E-state index contributed by atoms with van der Waals surface area (Å²) in [5.74, 6) is 1.50. The van der Waals surface area contributed by atoms with E-state index < -0.39 is 0 Å². The summed E-state index contributed by atoms with van der Waals surface area (Å²) in [7, 11) is 1.63. The van der Waals surface area contributed by atoms with Gasteiger partial charge in [-0.05, 0) is 24.6 Å². The van der Waals surface area contributed by atoms with Crippen LogP contribution in [0.2, 0.25) is 0 Å². The molecule has 1 heterocycles. The van der Waals surface area contributed by atoms with Crippen molar-refractivity contribution in [1.29, 1.82) is 0 Å². The molecular formula is C15H18N2O2. The molecule has 0 spiro atoms. The van der Waals surface area contributed by atoms with Gasteiger partial charge in [-0.15, -0.1) is 0 Å². The normalized spacial score (nSPS) is 10.3. The summed E-state index contributed by atoms with van der Waals surface area (Å²) >= 11 is 0. The number of rotatable bonds is 5. The predicted molar refractivity (Wildman–Crippen MR) is 74.2 cm³/mol. The first-order valence-electron chi connectivity index (χ1n) is 6.15. The minimum atomic E-state index is 0.423. The lowest BCUT2D eigenvalue weighted by atomic mass is 10.2. The Balaban J connectivity index is 2.16. The van der Waals surface area contributed by atoms with Crippen LogP contribution in [0.1, 0.15) is 16.8 Å². The SMILES string of the molecule is COc1ccc(CN)c(OCc2ncccc2C)c1. The minimum absolute atomic E-state index is 0.423. The molecule has 1 aromatic heterocycles. The van der Waals surface area contributed by atoms with E-state index in [-0.39, 0.29) is 0 Å². The average Bonchev–Trinajstić information content (AvgIpc) is 2.46. The molecule has 2 rings (SSSR count). The first kappa shape index (κ1) is 13.4. The number of pyridine rings is 1. The van der Waals surface area contributed by atoms with Crippen LogP contribution in [0.25, 0.3) is 0 Å². The maximum absolute atomic E-state index is 5.81. The fourth-order valence-electron chi connectivity index (χ4n) is 1.78. The van der Waals surface area contributed by atoms with E-state index in [0.29, 0.717) is 13.2 Å². The average molecular weight is 258 g/mol. The smallest absolute Gasteiger partial charge is 0.130 e. The van der Waals surface area contributed by atoms with Crippen LogP contribution in [0.5, 0.6) is 11.5 Å². The molecule has 4 heteroatoms. The van der Waals surface area contributed by atoms with Crippen molar-refractivity contribution in [1.82, 2.24) is 4.98 Å². The molecule has 2 aromatic rings. The fourth-order valence-corrected chi connectivity index (χ4v) is 1.78. The monoisotopic (exact) mass is 258 g/mol. The molecule has 0 aliphatic rings. The lowest BCUT2D eigenvalue weighted by Gasteiger charge is -2.12. The number of hydrogen-bond donors (Lipinski definition) is 1. The van der Waals surface area contributed by atoms with Gasteiger partial charge in [0.1, 0.15) is 18.1 Å². The topological polar surface area (TPSA) is 57.4 Å². The van der Waals surface area contributed by atoms with Gasteiger partial charge in [-0.1, -0.05) is 12.1 Å². The molecule has 100 valence electrons. The van der Waals surface area contributed by atoms with Gasteiger partial charge in [-0.25, -0.2) is 0 Å². The highest BCUT2D eigenvalue weighted by molar-refractivity contribution is 5.40. The summed E-state index contributed by atoms with van der Waals surface area (Å²) in [5.41, 5.74) is 8.69. The van der Waals surface area contributed by atoms with E-state index in [1.165, 1.54) is 0 Å². The van der Waals surface area contributed by atoms with Crippen LogP contribution in [-0.4, -0.2) is 12.1 Å². The van der Waals surface area contributed by atoms with Crippen LogP contribution in [0.4, 0.5) is 0 Å². The maximum atomic E-state index is 5.81. The molecule has 0 aliphatic heterocycles. The van der Waals surface area contributed by atoms with Gasteiger partial charge in [0.05, 0.1) is 12.8 Å². The van der Waals surface area contributed by atoms with Crippen molar-refractivity contribution >= 4 is 0 Å². The van der Waals surface area contributed by atoms with E-state index in [4.69, 9.17) is 15.2 Å². The number of nitrogens with zero attached hydrogens (tertiary/aromatic N) is 1. The summed E-state index contributed by atoms with van der Waals surface area (Å²) in [6.07, 6.45) is 1.76. The molecule has 2 N–H and O–H groups in total. The zero-order valence-corrected chi connectivity index (χ0v) is 11.2. The van der Waals surface area contributed by atoms with Crippen LogP contribution >= 0.6 is 0 Å². The second-order valence-corrected chi connectivity index (χ2v) is 4.23. The summed E-state index contributed by atoms with van der Waals surface area (Å²) in [4.78, 5) is 4.30. The summed E-state index contributed by atoms with van der Waals surface area (Å²) in [5, 5.41) is 0. The Kier molecular flexibility index (Phi) is 4.36. The molecule has 19 heavy (non-hydrogen) atoms. The number of ether oxygens (including phenoxy) is 2. The molecule has 0 fully saturated rings. The summed E-state index contributed by atoms with van der Waals surface area (Å²) < 4.78 is 11.0. The number of benzene rings is 1. The second kappa shape index (κ2) is 6.20. The maximum Gasteiger partial charge on any atom is 0.130 e. The fraction of sp³-hybridized carbons (Fsp3) is 0.267. The summed E-state index contributed by atoms with van der Waals surface area (Å²) in [6, 6.07) is 9.57. The van der Waals surface area contributed by atoms with Gasteiger partial charge >= 0.3 is 0 Å². The number of aromatic nitrogens is 1. The van der Waals surface area contributed by atoms with E-state index in [2.05, 4.69) is 4.98 Å². The largest absolute Gasteiger partial charge is 0.497 e. The molecule has 0 saturated heterocycles. The van der Waals surface area contributed by atoms with Crippen LogP contribution in [0.15, 0.2) is 36.5 Å². The Morgan fingerprint density at radius 1 is 1.26 bits per heavy atom. The van der Waals surface area contributed by atoms with Crippen molar-refractivity contribution in [3.63, 3.8) is 0 Å². The standard InChI is InChI=1S/C15H18N2O2/c1-11-4-3-7-17-14(11)10-19-15-8-13(18-2)6-5-12(15)9-16/h3-8H,9-10,16H2,1-2H3.